The number of carbonyl (C=O) groups excluding carboxylic acids is 1. The summed E-state index contributed by atoms with van der Waals surface area (Å²) in [4.78, 5) is 15.2. The molecule has 0 unspecified atom stereocenters. The second-order valence-electron chi connectivity index (χ2n) is 3.10. The third-order valence-electron chi connectivity index (χ3n) is 2.07. The molecule has 0 saturated heterocycles. The SMILES string of the molecule is CCOC(=O)c1c(CN)ncc(O)c1C(F)F. The maximum atomic E-state index is 12.8. The number of esters is 1. The van der Waals surface area contributed by atoms with Crippen LogP contribution in [-0.2, 0) is 11.3 Å². The number of aromatic hydroxyl groups is 1. The summed E-state index contributed by atoms with van der Waals surface area (Å²) in [5.41, 5.74) is 4.03. The molecule has 0 amide bonds. The maximum absolute atomic E-state index is 12.8. The molecule has 0 bridgehead atoms. The van der Waals surface area contributed by atoms with Crippen LogP contribution in [0.5, 0.6) is 5.75 Å². The van der Waals surface area contributed by atoms with E-state index in [1.165, 1.54) is 6.92 Å². The lowest BCUT2D eigenvalue weighted by Crippen LogP contribution is -2.16. The van der Waals surface area contributed by atoms with Crippen LogP contribution >= 0.6 is 0 Å². The molecule has 0 aliphatic carbocycles. The van der Waals surface area contributed by atoms with Gasteiger partial charge < -0.3 is 15.6 Å². The van der Waals surface area contributed by atoms with Crippen LogP contribution in [0.25, 0.3) is 0 Å². The lowest BCUT2D eigenvalue weighted by atomic mass is 10.1. The Morgan fingerprint density at radius 1 is 1.65 bits per heavy atom. The van der Waals surface area contributed by atoms with Gasteiger partial charge in [-0.1, -0.05) is 0 Å². The summed E-state index contributed by atoms with van der Waals surface area (Å²) in [5, 5.41) is 9.31. The first kappa shape index (κ1) is 13.3. The average molecular weight is 246 g/mol. The van der Waals surface area contributed by atoms with Crippen LogP contribution in [0.2, 0.25) is 0 Å². The van der Waals surface area contributed by atoms with E-state index in [9.17, 15) is 18.7 Å². The van der Waals surface area contributed by atoms with Crippen molar-refractivity contribution >= 4 is 5.97 Å². The Labute approximate surface area is 96.2 Å². The first-order chi connectivity index (χ1) is 8.02. The lowest BCUT2D eigenvalue weighted by molar-refractivity contribution is 0.0511. The van der Waals surface area contributed by atoms with Gasteiger partial charge in [-0.05, 0) is 6.92 Å². The van der Waals surface area contributed by atoms with Gasteiger partial charge in [0.1, 0.15) is 5.75 Å². The summed E-state index contributed by atoms with van der Waals surface area (Å²) in [7, 11) is 0. The molecule has 5 nitrogen and oxygen atoms in total. The number of alkyl halides is 2. The van der Waals surface area contributed by atoms with Crippen LogP contribution < -0.4 is 5.73 Å². The van der Waals surface area contributed by atoms with Crippen molar-refractivity contribution in [2.75, 3.05) is 6.61 Å². The standard InChI is InChI=1S/C10H12F2N2O3/c1-2-17-10(16)7-5(3-13)14-4-6(15)8(7)9(11)12/h4,9,15H,2-3,13H2,1H3. The van der Waals surface area contributed by atoms with Gasteiger partial charge in [-0.2, -0.15) is 0 Å². The highest BCUT2D eigenvalue weighted by molar-refractivity contribution is 5.93. The highest BCUT2D eigenvalue weighted by Gasteiger charge is 2.27. The zero-order valence-electron chi connectivity index (χ0n) is 9.11. The molecule has 94 valence electrons. The average Bonchev–Trinajstić information content (AvgIpc) is 2.28. The monoisotopic (exact) mass is 246 g/mol. The Morgan fingerprint density at radius 3 is 2.76 bits per heavy atom. The molecular formula is C10H12F2N2O3. The number of nitrogens with zero attached hydrogens (tertiary/aromatic N) is 1. The van der Waals surface area contributed by atoms with Gasteiger partial charge in [0.15, 0.2) is 0 Å². The smallest absolute Gasteiger partial charge is 0.340 e. The number of hydrogen-bond donors (Lipinski definition) is 2. The van der Waals surface area contributed by atoms with Crippen LogP contribution in [-0.4, -0.2) is 22.7 Å². The lowest BCUT2D eigenvalue weighted by Gasteiger charge is -2.12. The largest absolute Gasteiger partial charge is 0.506 e. The number of pyridine rings is 1. The quantitative estimate of drug-likeness (QED) is 0.783. The molecule has 7 heteroatoms. The van der Waals surface area contributed by atoms with Crippen LogP contribution in [0, 0.1) is 0 Å². The minimum Gasteiger partial charge on any atom is -0.506 e. The first-order valence-corrected chi connectivity index (χ1v) is 4.89. The van der Waals surface area contributed by atoms with Crippen LogP contribution in [0.15, 0.2) is 6.20 Å². The predicted molar refractivity (Wildman–Crippen MR) is 54.7 cm³/mol. The molecule has 0 spiro atoms. The molecule has 1 heterocycles. The van der Waals surface area contributed by atoms with Gasteiger partial charge in [0.25, 0.3) is 6.43 Å². The molecular weight excluding hydrogens is 234 g/mol. The predicted octanol–water partition coefficient (Wildman–Crippen LogP) is 1.36. The molecule has 1 aromatic heterocycles. The Balaban J connectivity index is 3.40. The number of carbonyl (C=O) groups is 1. The zero-order valence-corrected chi connectivity index (χ0v) is 9.11. The normalized spacial score (nSPS) is 10.6. The fourth-order valence-corrected chi connectivity index (χ4v) is 1.36. The number of nitrogens with two attached hydrogens (primary N) is 1. The maximum Gasteiger partial charge on any atom is 0.340 e. The summed E-state index contributed by atoms with van der Waals surface area (Å²) in [5.74, 6) is -1.72. The van der Waals surface area contributed by atoms with Crippen molar-refractivity contribution in [3.63, 3.8) is 0 Å². The second-order valence-corrected chi connectivity index (χ2v) is 3.10. The number of halogens is 2. The molecule has 17 heavy (non-hydrogen) atoms. The van der Waals surface area contributed by atoms with E-state index in [-0.39, 0.29) is 18.8 Å². The van der Waals surface area contributed by atoms with Gasteiger partial charge in [0.2, 0.25) is 0 Å². The van der Waals surface area contributed by atoms with Gasteiger partial charge in [0, 0.05) is 6.54 Å². The summed E-state index contributed by atoms with van der Waals surface area (Å²) >= 11 is 0. The van der Waals surface area contributed by atoms with Crippen molar-refractivity contribution in [2.45, 2.75) is 19.9 Å². The van der Waals surface area contributed by atoms with E-state index in [1.54, 1.807) is 0 Å². The van der Waals surface area contributed by atoms with Gasteiger partial charge >= 0.3 is 5.97 Å². The molecule has 1 aromatic rings. The van der Waals surface area contributed by atoms with E-state index < -0.39 is 29.3 Å². The Morgan fingerprint density at radius 2 is 2.29 bits per heavy atom. The Bertz CT molecular complexity index is 424. The fraction of sp³-hybridized carbons (Fsp3) is 0.400. The van der Waals surface area contributed by atoms with Crippen molar-refractivity contribution in [1.82, 2.24) is 4.98 Å². The van der Waals surface area contributed by atoms with E-state index in [2.05, 4.69) is 9.72 Å². The third-order valence-corrected chi connectivity index (χ3v) is 2.07. The third kappa shape index (κ3) is 2.68. The number of rotatable bonds is 4. The van der Waals surface area contributed by atoms with Crippen LogP contribution in [0.1, 0.15) is 35.0 Å². The summed E-state index contributed by atoms with van der Waals surface area (Å²) in [6, 6.07) is 0. The van der Waals surface area contributed by atoms with E-state index >= 15 is 0 Å². The molecule has 3 N–H and O–H groups in total. The van der Waals surface area contributed by atoms with Crippen molar-refractivity contribution in [3.8, 4) is 5.75 Å². The molecule has 0 aromatic carbocycles. The summed E-state index contributed by atoms with van der Waals surface area (Å²) in [6.45, 7) is 1.37. The van der Waals surface area contributed by atoms with E-state index in [0.717, 1.165) is 6.20 Å². The minimum absolute atomic E-state index is 0.0289. The van der Waals surface area contributed by atoms with Crippen LogP contribution in [0.4, 0.5) is 8.78 Å². The number of hydrogen-bond acceptors (Lipinski definition) is 5. The molecule has 1 rings (SSSR count). The van der Waals surface area contributed by atoms with Crippen molar-refractivity contribution < 1.29 is 23.4 Å². The van der Waals surface area contributed by atoms with E-state index in [0.29, 0.717) is 0 Å². The molecule has 0 radical (unpaired) electrons. The van der Waals surface area contributed by atoms with Gasteiger partial charge in [-0.3, -0.25) is 4.98 Å². The minimum atomic E-state index is -3.01. The molecule has 0 atom stereocenters. The Hall–Kier alpha value is -1.76. The highest BCUT2D eigenvalue weighted by atomic mass is 19.3. The summed E-state index contributed by atoms with van der Waals surface area (Å²) < 4.78 is 30.2. The fourth-order valence-electron chi connectivity index (χ4n) is 1.36. The number of aromatic nitrogens is 1. The topological polar surface area (TPSA) is 85.4 Å². The van der Waals surface area contributed by atoms with Gasteiger partial charge in [-0.15, -0.1) is 0 Å². The number of ether oxygens (including phenoxy) is 1. The molecule has 0 aliphatic heterocycles. The molecule has 0 fully saturated rings. The van der Waals surface area contributed by atoms with Crippen molar-refractivity contribution in [2.24, 2.45) is 5.73 Å². The van der Waals surface area contributed by atoms with E-state index in [1.807, 2.05) is 0 Å². The molecule has 0 aliphatic rings. The summed E-state index contributed by atoms with van der Waals surface area (Å²) in [6.07, 6.45) is -2.17. The van der Waals surface area contributed by atoms with Crippen LogP contribution in [0.3, 0.4) is 0 Å². The van der Waals surface area contributed by atoms with Crippen molar-refractivity contribution in [1.29, 1.82) is 0 Å². The Kier molecular flexibility index (Phi) is 4.33. The molecule has 0 saturated carbocycles. The second kappa shape index (κ2) is 5.53. The van der Waals surface area contributed by atoms with Gasteiger partial charge in [0.05, 0.1) is 29.6 Å². The van der Waals surface area contributed by atoms with Crippen molar-refractivity contribution in [3.05, 3.63) is 23.0 Å². The first-order valence-electron chi connectivity index (χ1n) is 4.89. The van der Waals surface area contributed by atoms with Gasteiger partial charge in [-0.25, -0.2) is 13.6 Å². The van der Waals surface area contributed by atoms with E-state index in [4.69, 9.17) is 5.73 Å². The highest BCUT2D eigenvalue weighted by Crippen LogP contribution is 2.32. The zero-order chi connectivity index (χ0) is 13.0.